The van der Waals surface area contributed by atoms with Crippen LogP contribution < -0.4 is 5.32 Å². The van der Waals surface area contributed by atoms with E-state index in [1.54, 1.807) is 37.3 Å². The topological polar surface area (TPSA) is 86.0 Å². The van der Waals surface area contributed by atoms with Crippen molar-refractivity contribution in [2.24, 2.45) is 0 Å². The first-order valence-corrected chi connectivity index (χ1v) is 5.57. The van der Waals surface area contributed by atoms with E-state index >= 15 is 0 Å². The summed E-state index contributed by atoms with van der Waals surface area (Å²) in [4.78, 5) is 15.0. The maximum Gasteiger partial charge on any atom is 0.335 e. The molecule has 0 saturated carbocycles. The van der Waals surface area contributed by atoms with Crippen LogP contribution in [0.5, 0.6) is 0 Å². The minimum Gasteiger partial charge on any atom is -0.478 e. The lowest BCUT2D eigenvalue weighted by Crippen LogP contribution is -2.01. The van der Waals surface area contributed by atoms with Gasteiger partial charge in [0.25, 0.3) is 0 Å². The van der Waals surface area contributed by atoms with Gasteiger partial charge in [0, 0.05) is 11.9 Å². The van der Waals surface area contributed by atoms with Gasteiger partial charge in [0.15, 0.2) is 0 Å². The number of aromatic nitrogens is 1. The normalized spacial score (nSPS) is 9.68. The van der Waals surface area contributed by atoms with Crippen molar-refractivity contribution in [1.29, 1.82) is 5.26 Å². The first kappa shape index (κ1) is 12.6. The fraction of sp³-hybridized carbons (Fsp3) is 0.0714. The maximum atomic E-state index is 10.9. The summed E-state index contributed by atoms with van der Waals surface area (Å²) < 4.78 is 0. The zero-order valence-electron chi connectivity index (χ0n) is 10.2. The number of carboxylic acids is 1. The van der Waals surface area contributed by atoms with Gasteiger partial charge in [-0.3, -0.25) is 0 Å². The summed E-state index contributed by atoms with van der Waals surface area (Å²) in [5.74, 6) is -0.345. The molecule has 0 bridgehead atoms. The minimum absolute atomic E-state index is 0.276. The third kappa shape index (κ3) is 2.87. The summed E-state index contributed by atoms with van der Waals surface area (Å²) >= 11 is 0. The van der Waals surface area contributed by atoms with E-state index in [4.69, 9.17) is 10.4 Å². The molecule has 5 nitrogen and oxygen atoms in total. The molecular formula is C14H11N3O2. The molecule has 2 N–H and O–H groups in total. The second kappa shape index (κ2) is 5.19. The molecule has 2 aromatic rings. The summed E-state index contributed by atoms with van der Waals surface area (Å²) in [7, 11) is 0. The Kier molecular flexibility index (Phi) is 3.44. The molecule has 19 heavy (non-hydrogen) atoms. The van der Waals surface area contributed by atoms with Crippen LogP contribution in [0.3, 0.4) is 0 Å². The van der Waals surface area contributed by atoms with Crippen molar-refractivity contribution >= 4 is 17.5 Å². The molecule has 0 fully saturated rings. The van der Waals surface area contributed by atoms with Crippen LogP contribution >= 0.6 is 0 Å². The Bertz CT molecular complexity index is 657. The molecule has 0 aliphatic carbocycles. The number of nitrogens with one attached hydrogen (secondary N) is 1. The number of aromatic carboxylic acids is 1. The molecule has 0 unspecified atom stereocenters. The smallest absolute Gasteiger partial charge is 0.335 e. The molecule has 94 valence electrons. The molecule has 0 saturated heterocycles. The number of benzene rings is 1. The standard InChI is InChI=1S/C14H11N3O2/c1-9-6-11(3-4-12(9)14(18)19)17-13-5-2-10(7-15)8-16-13/h2-6,8H,1H3,(H,16,17)(H,18,19). The highest BCUT2D eigenvalue weighted by Crippen LogP contribution is 2.18. The molecule has 0 spiro atoms. The molecule has 0 radical (unpaired) electrons. The summed E-state index contributed by atoms with van der Waals surface area (Å²) in [6.45, 7) is 1.74. The van der Waals surface area contributed by atoms with Gasteiger partial charge in [0.1, 0.15) is 11.9 Å². The Labute approximate surface area is 110 Å². The predicted octanol–water partition coefficient (Wildman–Crippen LogP) is 2.70. The van der Waals surface area contributed by atoms with E-state index in [-0.39, 0.29) is 5.56 Å². The van der Waals surface area contributed by atoms with Crippen molar-refractivity contribution in [3.05, 3.63) is 53.2 Å². The SMILES string of the molecule is Cc1cc(Nc2ccc(C#N)cn2)ccc1C(=O)O. The number of hydrogen-bond donors (Lipinski definition) is 2. The third-order valence-corrected chi connectivity index (χ3v) is 2.62. The quantitative estimate of drug-likeness (QED) is 0.878. The second-order valence-corrected chi connectivity index (χ2v) is 4.00. The third-order valence-electron chi connectivity index (χ3n) is 2.62. The Balaban J connectivity index is 2.21. The first-order valence-electron chi connectivity index (χ1n) is 5.57. The van der Waals surface area contributed by atoms with Crippen LogP contribution in [0, 0.1) is 18.3 Å². The molecule has 0 amide bonds. The Morgan fingerprint density at radius 1 is 1.37 bits per heavy atom. The lowest BCUT2D eigenvalue weighted by Gasteiger charge is -2.08. The Morgan fingerprint density at radius 3 is 2.68 bits per heavy atom. The molecule has 0 aliphatic heterocycles. The highest BCUT2D eigenvalue weighted by molar-refractivity contribution is 5.90. The summed E-state index contributed by atoms with van der Waals surface area (Å²) in [6, 6.07) is 10.3. The number of aryl methyl sites for hydroxylation is 1. The molecule has 1 heterocycles. The number of nitrogens with zero attached hydrogens (tertiary/aromatic N) is 2. The summed E-state index contributed by atoms with van der Waals surface area (Å²) in [5, 5.41) is 20.7. The van der Waals surface area contributed by atoms with Gasteiger partial charge in [-0.25, -0.2) is 9.78 Å². The molecule has 0 atom stereocenters. The summed E-state index contributed by atoms with van der Waals surface area (Å²) in [5.41, 5.74) is 2.19. The number of carboxylic acid groups (broad SMARTS) is 1. The summed E-state index contributed by atoms with van der Waals surface area (Å²) in [6.07, 6.45) is 1.47. The highest BCUT2D eigenvalue weighted by atomic mass is 16.4. The van der Waals surface area contributed by atoms with Crippen LogP contribution in [0.1, 0.15) is 21.5 Å². The van der Waals surface area contributed by atoms with Crippen LogP contribution in [0.25, 0.3) is 0 Å². The van der Waals surface area contributed by atoms with Crippen LogP contribution in [0.15, 0.2) is 36.5 Å². The van der Waals surface area contributed by atoms with Crippen molar-refractivity contribution in [1.82, 2.24) is 4.98 Å². The van der Waals surface area contributed by atoms with Crippen molar-refractivity contribution in [3.63, 3.8) is 0 Å². The van der Waals surface area contributed by atoms with E-state index in [1.807, 2.05) is 6.07 Å². The van der Waals surface area contributed by atoms with Gasteiger partial charge in [-0.15, -0.1) is 0 Å². The van der Waals surface area contributed by atoms with Crippen LogP contribution in [0.2, 0.25) is 0 Å². The number of hydrogen-bond acceptors (Lipinski definition) is 4. The molecular weight excluding hydrogens is 242 g/mol. The Morgan fingerprint density at radius 2 is 2.16 bits per heavy atom. The van der Waals surface area contributed by atoms with Crippen LogP contribution in [-0.4, -0.2) is 16.1 Å². The molecule has 0 aliphatic rings. The number of rotatable bonds is 3. The fourth-order valence-electron chi connectivity index (χ4n) is 1.66. The van der Waals surface area contributed by atoms with E-state index in [9.17, 15) is 4.79 Å². The fourth-order valence-corrected chi connectivity index (χ4v) is 1.66. The zero-order chi connectivity index (χ0) is 13.8. The first-order chi connectivity index (χ1) is 9.10. The van der Waals surface area contributed by atoms with Crippen LogP contribution in [-0.2, 0) is 0 Å². The maximum absolute atomic E-state index is 10.9. The van der Waals surface area contributed by atoms with Gasteiger partial charge in [-0.1, -0.05) is 0 Å². The largest absolute Gasteiger partial charge is 0.478 e. The van der Waals surface area contributed by atoms with E-state index in [2.05, 4.69) is 10.3 Å². The second-order valence-electron chi connectivity index (χ2n) is 4.00. The van der Waals surface area contributed by atoms with E-state index < -0.39 is 5.97 Å². The minimum atomic E-state index is -0.944. The number of nitriles is 1. The monoisotopic (exact) mass is 253 g/mol. The van der Waals surface area contributed by atoms with E-state index in [0.29, 0.717) is 16.9 Å². The number of pyridine rings is 1. The Hall–Kier alpha value is -2.87. The van der Waals surface area contributed by atoms with Crippen molar-refractivity contribution in [2.45, 2.75) is 6.92 Å². The van der Waals surface area contributed by atoms with Gasteiger partial charge < -0.3 is 10.4 Å². The van der Waals surface area contributed by atoms with Gasteiger partial charge >= 0.3 is 5.97 Å². The molecule has 5 heteroatoms. The van der Waals surface area contributed by atoms with Crippen molar-refractivity contribution in [2.75, 3.05) is 5.32 Å². The average molecular weight is 253 g/mol. The molecule has 1 aromatic carbocycles. The highest BCUT2D eigenvalue weighted by Gasteiger charge is 2.07. The van der Waals surface area contributed by atoms with E-state index in [1.165, 1.54) is 6.20 Å². The van der Waals surface area contributed by atoms with Gasteiger partial charge in [0.2, 0.25) is 0 Å². The van der Waals surface area contributed by atoms with E-state index in [0.717, 1.165) is 5.69 Å². The molecule has 1 aromatic heterocycles. The lowest BCUT2D eigenvalue weighted by atomic mass is 10.1. The molecule has 2 rings (SSSR count). The lowest BCUT2D eigenvalue weighted by molar-refractivity contribution is 0.0696. The van der Waals surface area contributed by atoms with Crippen molar-refractivity contribution < 1.29 is 9.90 Å². The van der Waals surface area contributed by atoms with Crippen LogP contribution in [0.4, 0.5) is 11.5 Å². The zero-order valence-corrected chi connectivity index (χ0v) is 10.2. The van der Waals surface area contributed by atoms with Gasteiger partial charge in [-0.2, -0.15) is 5.26 Å². The van der Waals surface area contributed by atoms with Gasteiger partial charge in [0.05, 0.1) is 11.1 Å². The van der Waals surface area contributed by atoms with Crippen molar-refractivity contribution in [3.8, 4) is 6.07 Å². The predicted molar refractivity (Wildman–Crippen MR) is 70.4 cm³/mol. The number of anilines is 2. The van der Waals surface area contributed by atoms with Gasteiger partial charge in [-0.05, 0) is 42.8 Å². The average Bonchev–Trinajstić information content (AvgIpc) is 2.39. The number of carbonyl (C=O) groups is 1.